The molecule has 0 saturated carbocycles. The van der Waals surface area contributed by atoms with E-state index in [0.29, 0.717) is 11.3 Å². The van der Waals surface area contributed by atoms with Crippen LogP contribution in [0.15, 0.2) is 0 Å². The van der Waals surface area contributed by atoms with E-state index < -0.39 is 0 Å². The standard InChI is InChI=1S/C8H17NO/c1-7(2)8(3)4-9-6-10-5-8/h7,9H,4-6H2,1-3H3. The molecule has 0 radical (unpaired) electrons. The van der Waals surface area contributed by atoms with E-state index in [1.54, 1.807) is 0 Å². The van der Waals surface area contributed by atoms with Crippen molar-refractivity contribution < 1.29 is 4.74 Å². The van der Waals surface area contributed by atoms with Gasteiger partial charge in [0, 0.05) is 12.0 Å². The van der Waals surface area contributed by atoms with Crippen molar-refractivity contribution in [1.82, 2.24) is 5.32 Å². The van der Waals surface area contributed by atoms with Gasteiger partial charge in [0.25, 0.3) is 0 Å². The van der Waals surface area contributed by atoms with Gasteiger partial charge >= 0.3 is 0 Å². The van der Waals surface area contributed by atoms with Gasteiger partial charge in [-0.15, -0.1) is 0 Å². The monoisotopic (exact) mass is 143 g/mol. The van der Waals surface area contributed by atoms with Gasteiger partial charge in [0.15, 0.2) is 0 Å². The molecule has 0 aromatic heterocycles. The molecule has 1 saturated heterocycles. The summed E-state index contributed by atoms with van der Waals surface area (Å²) < 4.78 is 5.34. The summed E-state index contributed by atoms with van der Waals surface area (Å²) in [7, 11) is 0. The highest BCUT2D eigenvalue weighted by Gasteiger charge is 2.30. The van der Waals surface area contributed by atoms with Gasteiger partial charge < -0.3 is 4.74 Å². The Morgan fingerprint density at radius 3 is 2.50 bits per heavy atom. The van der Waals surface area contributed by atoms with E-state index in [0.717, 1.165) is 19.9 Å². The molecule has 0 aromatic carbocycles. The van der Waals surface area contributed by atoms with Crippen LogP contribution >= 0.6 is 0 Å². The third kappa shape index (κ3) is 1.50. The van der Waals surface area contributed by atoms with Crippen LogP contribution in [0.4, 0.5) is 0 Å². The highest BCUT2D eigenvalue weighted by Crippen LogP contribution is 2.27. The van der Waals surface area contributed by atoms with Crippen molar-refractivity contribution in [3.8, 4) is 0 Å². The zero-order valence-electron chi connectivity index (χ0n) is 7.11. The third-order valence-electron chi connectivity index (χ3n) is 2.56. The second-order valence-electron chi connectivity index (χ2n) is 3.73. The molecule has 0 spiro atoms. The van der Waals surface area contributed by atoms with Gasteiger partial charge in [0.1, 0.15) is 0 Å². The van der Waals surface area contributed by atoms with Crippen LogP contribution in [-0.4, -0.2) is 19.9 Å². The normalized spacial score (nSPS) is 34.8. The lowest BCUT2D eigenvalue weighted by atomic mass is 9.79. The SMILES string of the molecule is CC(C)C1(C)CNCOC1. The molecule has 60 valence electrons. The Balaban J connectivity index is 2.48. The average Bonchev–Trinajstić information content (AvgIpc) is 1.89. The summed E-state index contributed by atoms with van der Waals surface area (Å²) in [5.74, 6) is 0.695. The maximum Gasteiger partial charge on any atom is 0.0965 e. The van der Waals surface area contributed by atoms with E-state index in [2.05, 4.69) is 26.1 Å². The lowest BCUT2D eigenvalue weighted by Gasteiger charge is -2.37. The summed E-state index contributed by atoms with van der Waals surface area (Å²) >= 11 is 0. The van der Waals surface area contributed by atoms with Gasteiger partial charge in [-0.25, -0.2) is 0 Å². The van der Waals surface area contributed by atoms with Crippen LogP contribution in [0.3, 0.4) is 0 Å². The van der Waals surface area contributed by atoms with Crippen LogP contribution in [0.2, 0.25) is 0 Å². The fourth-order valence-corrected chi connectivity index (χ4v) is 1.11. The quantitative estimate of drug-likeness (QED) is 0.596. The molecular weight excluding hydrogens is 126 g/mol. The van der Waals surface area contributed by atoms with Gasteiger partial charge in [0.2, 0.25) is 0 Å². The summed E-state index contributed by atoms with van der Waals surface area (Å²) in [5.41, 5.74) is 0.345. The van der Waals surface area contributed by atoms with Crippen LogP contribution in [-0.2, 0) is 4.74 Å². The Morgan fingerprint density at radius 1 is 1.50 bits per heavy atom. The van der Waals surface area contributed by atoms with Crippen LogP contribution in [0.25, 0.3) is 0 Å². The Bertz CT molecular complexity index is 106. The lowest BCUT2D eigenvalue weighted by molar-refractivity contribution is -0.0253. The number of rotatable bonds is 1. The molecule has 1 aliphatic heterocycles. The van der Waals surface area contributed by atoms with Gasteiger partial charge in [0.05, 0.1) is 13.3 Å². The van der Waals surface area contributed by atoms with Crippen LogP contribution in [0.5, 0.6) is 0 Å². The molecule has 1 fully saturated rings. The molecule has 1 aliphatic rings. The third-order valence-corrected chi connectivity index (χ3v) is 2.56. The molecule has 0 aliphatic carbocycles. The molecule has 0 bridgehead atoms. The van der Waals surface area contributed by atoms with Crippen molar-refractivity contribution in [1.29, 1.82) is 0 Å². The van der Waals surface area contributed by atoms with Gasteiger partial charge in [-0.05, 0) is 5.92 Å². The zero-order chi connectivity index (χ0) is 7.61. The molecule has 1 heterocycles. The molecule has 2 heteroatoms. The van der Waals surface area contributed by atoms with E-state index in [1.165, 1.54) is 0 Å². The topological polar surface area (TPSA) is 21.3 Å². The first-order chi connectivity index (χ1) is 4.65. The minimum atomic E-state index is 0.345. The predicted molar refractivity (Wildman–Crippen MR) is 41.8 cm³/mol. The van der Waals surface area contributed by atoms with Crippen molar-refractivity contribution >= 4 is 0 Å². The van der Waals surface area contributed by atoms with Crippen molar-refractivity contribution in [2.24, 2.45) is 11.3 Å². The van der Waals surface area contributed by atoms with Crippen molar-refractivity contribution in [3.63, 3.8) is 0 Å². The number of ether oxygens (including phenoxy) is 1. The minimum Gasteiger partial charge on any atom is -0.366 e. The largest absolute Gasteiger partial charge is 0.366 e. The van der Waals surface area contributed by atoms with E-state index in [-0.39, 0.29) is 0 Å². The second-order valence-corrected chi connectivity index (χ2v) is 3.73. The molecule has 1 unspecified atom stereocenters. The highest BCUT2D eigenvalue weighted by molar-refractivity contribution is 4.81. The van der Waals surface area contributed by atoms with E-state index in [4.69, 9.17) is 4.74 Å². The van der Waals surface area contributed by atoms with Crippen molar-refractivity contribution in [3.05, 3.63) is 0 Å². The minimum absolute atomic E-state index is 0.345. The molecule has 1 atom stereocenters. The Morgan fingerprint density at radius 2 is 2.20 bits per heavy atom. The first kappa shape index (κ1) is 8.02. The highest BCUT2D eigenvalue weighted by atomic mass is 16.5. The fourth-order valence-electron chi connectivity index (χ4n) is 1.11. The first-order valence-electron chi connectivity index (χ1n) is 3.93. The van der Waals surface area contributed by atoms with Crippen LogP contribution < -0.4 is 5.32 Å². The summed E-state index contributed by atoms with van der Waals surface area (Å²) in [6.07, 6.45) is 0. The smallest absolute Gasteiger partial charge is 0.0965 e. The van der Waals surface area contributed by atoms with E-state index in [1.807, 2.05) is 0 Å². The molecule has 10 heavy (non-hydrogen) atoms. The molecule has 0 aromatic rings. The van der Waals surface area contributed by atoms with Crippen molar-refractivity contribution in [2.45, 2.75) is 20.8 Å². The molecule has 1 N–H and O–H groups in total. The van der Waals surface area contributed by atoms with Crippen LogP contribution in [0, 0.1) is 11.3 Å². The van der Waals surface area contributed by atoms with E-state index in [9.17, 15) is 0 Å². The molecule has 0 amide bonds. The lowest BCUT2D eigenvalue weighted by Crippen LogP contribution is -2.45. The summed E-state index contributed by atoms with van der Waals surface area (Å²) in [6.45, 7) is 9.47. The van der Waals surface area contributed by atoms with Crippen molar-refractivity contribution in [2.75, 3.05) is 19.9 Å². The van der Waals surface area contributed by atoms with Crippen LogP contribution in [0.1, 0.15) is 20.8 Å². The van der Waals surface area contributed by atoms with Gasteiger partial charge in [-0.3, -0.25) is 5.32 Å². The fraction of sp³-hybridized carbons (Fsp3) is 1.00. The summed E-state index contributed by atoms with van der Waals surface area (Å²) in [6, 6.07) is 0. The first-order valence-corrected chi connectivity index (χ1v) is 3.93. The maximum absolute atomic E-state index is 5.34. The predicted octanol–water partition coefficient (Wildman–Crippen LogP) is 1.23. The second kappa shape index (κ2) is 2.89. The zero-order valence-corrected chi connectivity index (χ0v) is 7.11. The molecule has 1 rings (SSSR count). The molecular formula is C8H17NO. The molecule has 2 nitrogen and oxygen atoms in total. The number of nitrogens with one attached hydrogen (secondary N) is 1. The Kier molecular flexibility index (Phi) is 2.32. The maximum atomic E-state index is 5.34. The summed E-state index contributed by atoms with van der Waals surface area (Å²) in [5, 5.41) is 3.23. The number of hydrogen-bond acceptors (Lipinski definition) is 2. The Labute approximate surface area is 63.0 Å². The average molecular weight is 143 g/mol. The Hall–Kier alpha value is -0.0800. The van der Waals surface area contributed by atoms with E-state index >= 15 is 0 Å². The number of hydrogen-bond donors (Lipinski definition) is 1. The summed E-state index contributed by atoms with van der Waals surface area (Å²) in [4.78, 5) is 0. The van der Waals surface area contributed by atoms with Gasteiger partial charge in [-0.1, -0.05) is 20.8 Å². The van der Waals surface area contributed by atoms with Gasteiger partial charge in [-0.2, -0.15) is 0 Å².